The van der Waals surface area contributed by atoms with Crippen LogP contribution in [0.25, 0.3) is 0 Å². The van der Waals surface area contributed by atoms with Crippen molar-refractivity contribution >= 4 is 11.9 Å². The molecule has 6 nitrogen and oxygen atoms in total. The highest BCUT2D eigenvalue weighted by Gasteiger charge is 2.16. The lowest BCUT2D eigenvalue weighted by Gasteiger charge is -2.11. The van der Waals surface area contributed by atoms with Crippen molar-refractivity contribution in [2.45, 2.75) is 40.0 Å². The summed E-state index contributed by atoms with van der Waals surface area (Å²) in [5, 5.41) is 15.9. The first-order valence-electron chi connectivity index (χ1n) is 6.85. The lowest BCUT2D eigenvalue weighted by molar-refractivity contribution is -0.141. The van der Waals surface area contributed by atoms with Crippen LogP contribution in [0.1, 0.15) is 36.7 Å². The second-order valence-corrected chi connectivity index (χ2v) is 5.02. The van der Waals surface area contributed by atoms with Gasteiger partial charge in [-0.05, 0) is 32.3 Å². The summed E-state index contributed by atoms with van der Waals surface area (Å²) in [6, 6.07) is 0. The molecule has 0 aliphatic rings. The van der Waals surface area contributed by atoms with E-state index in [1.165, 1.54) is 0 Å². The van der Waals surface area contributed by atoms with E-state index in [1.807, 2.05) is 20.9 Å². The fraction of sp³-hybridized carbons (Fsp3) is 0.643. The van der Waals surface area contributed by atoms with E-state index in [4.69, 9.17) is 5.11 Å². The number of amides is 1. The molecule has 0 fully saturated rings. The van der Waals surface area contributed by atoms with Crippen molar-refractivity contribution in [3.63, 3.8) is 0 Å². The van der Waals surface area contributed by atoms with Gasteiger partial charge in [0, 0.05) is 25.7 Å². The van der Waals surface area contributed by atoms with E-state index < -0.39 is 11.9 Å². The number of carboxylic acids is 1. The third kappa shape index (κ3) is 4.08. The van der Waals surface area contributed by atoms with Crippen LogP contribution in [0.2, 0.25) is 0 Å². The van der Waals surface area contributed by atoms with Gasteiger partial charge in [0.15, 0.2) is 0 Å². The zero-order valence-electron chi connectivity index (χ0n) is 12.6. The van der Waals surface area contributed by atoms with Gasteiger partial charge in [0.2, 0.25) is 5.91 Å². The molecule has 1 rings (SSSR count). The third-order valence-corrected chi connectivity index (χ3v) is 3.65. The lowest BCUT2D eigenvalue weighted by atomic mass is 10.1. The summed E-state index contributed by atoms with van der Waals surface area (Å²) in [5.74, 6) is -1.50. The maximum atomic E-state index is 11.8. The number of aryl methyl sites for hydroxylation is 2. The molecule has 0 aliphatic carbocycles. The number of carboxylic acid groups (broad SMARTS) is 1. The first kappa shape index (κ1) is 16.2. The smallest absolute Gasteiger partial charge is 0.308 e. The summed E-state index contributed by atoms with van der Waals surface area (Å²) in [7, 11) is 1.88. The fourth-order valence-electron chi connectivity index (χ4n) is 2.15. The summed E-state index contributed by atoms with van der Waals surface area (Å²) >= 11 is 0. The van der Waals surface area contributed by atoms with Gasteiger partial charge in [0.1, 0.15) is 0 Å². The highest BCUT2D eigenvalue weighted by molar-refractivity contribution is 5.77. The average molecular weight is 281 g/mol. The molecule has 0 radical (unpaired) electrons. The van der Waals surface area contributed by atoms with Crippen LogP contribution < -0.4 is 5.32 Å². The molecule has 1 unspecified atom stereocenters. The second-order valence-electron chi connectivity index (χ2n) is 5.02. The van der Waals surface area contributed by atoms with E-state index >= 15 is 0 Å². The Labute approximate surface area is 119 Å². The molecule has 1 amide bonds. The molecule has 0 saturated heterocycles. The largest absolute Gasteiger partial charge is 0.481 e. The Kier molecular flexibility index (Phi) is 5.73. The molecular weight excluding hydrogens is 258 g/mol. The van der Waals surface area contributed by atoms with Crippen LogP contribution in [0.5, 0.6) is 0 Å². The summed E-state index contributed by atoms with van der Waals surface area (Å²) in [6.07, 6.45) is 1.49. The highest BCUT2D eigenvalue weighted by atomic mass is 16.4. The topological polar surface area (TPSA) is 84.2 Å². The Bertz CT molecular complexity index is 494. The first-order valence-corrected chi connectivity index (χ1v) is 6.85. The standard InChI is InChI=1S/C14H23N3O3/c1-5-11(14(19)20)8-15-13(18)7-6-12-9(2)16-17(4)10(12)3/h11H,5-8H2,1-4H3,(H,15,18)(H,19,20). The number of nitrogens with one attached hydrogen (secondary N) is 1. The number of rotatable bonds is 7. The first-order chi connectivity index (χ1) is 9.36. The minimum absolute atomic E-state index is 0.118. The van der Waals surface area contributed by atoms with Crippen molar-refractivity contribution < 1.29 is 14.7 Å². The number of carbonyl (C=O) groups is 2. The van der Waals surface area contributed by atoms with Gasteiger partial charge in [0.05, 0.1) is 11.6 Å². The average Bonchev–Trinajstić information content (AvgIpc) is 2.61. The lowest BCUT2D eigenvalue weighted by Crippen LogP contribution is -2.32. The molecule has 1 atom stereocenters. The molecule has 112 valence electrons. The van der Waals surface area contributed by atoms with Gasteiger partial charge in [-0.1, -0.05) is 6.92 Å². The molecule has 1 aromatic rings. The monoisotopic (exact) mass is 281 g/mol. The molecule has 2 N–H and O–H groups in total. The minimum atomic E-state index is -0.869. The van der Waals surface area contributed by atoms with Crippen molar-refractivity contribution in [3.8, 4) is 0 Å². The summed E-state index contributed by atoms with van der Waals surface area (Å²) < 4.78 is 1.81. The molecule has 0 bridgehead atoms. The Morgan fingerprint density at radius 2 is 2.05 bits per heavy atom. The number of aliphatic carboxylic acids is 1. The molecule has 20 heavy (non-hydrogen) atoms. The number of nitrogens with zero attached hydrogens (tertiary/aromatic N) is 2. The van der Waals surface area contributed by atoms with Crippen LogP contribution in [-0.4, -0.2) is 33.3 Å². The molecular formula is C14H23N3O3. The summed E-state index contributed by atoms with van der Waals surface area (Å²) in [4.78, 5) is 22.6. The minimum Gasteiger partial charge on any atom is -0.481 e. The predicted molar refractivity (Wildman–Crippen MR) is 75.4 cm³/mol. The number of hydrogen-bond acceptors (Lipinski definition) is 3. The summed E-state index contributed by atoms with van der Waals surface area (Å²) in [5.41, 5.74) is 3.09. The SMILES string of the molecule is CCC(CNC(=O)CCc1c(C)nn(C)c1C)C(=O)O. The molecule has 1 aromatic heterocycles. The van der Waals surface area contributed by atoms with Crippen molar-refractivity contribution in [1.82, 2.24) is 15.1 Å². The van der Waals surface area contributed by atoms with E-state index in [2.05, 4.69) is 10.4 Å². The normalized spacial score (nSPS) is 12.2. The maximum absolute atomic E-state index is 11.8. The van der Waals surface area contributed by atoms with E-state index in [1.54, 1.807) is 11.6 Å². The zero-order chi connectivity index (χ0) is 15.3. The van der Waals surface area contributed by atoms with E-state index in [0.29, 0.717) is 19.3 Å². The maximum Gasteiger partial charge on any atom is 0.308 e. The van der Waals surface area contributed by atoms with Gasteiger partial charge in [-0.25, -0.2) is 0 Å². The molecule has 0 saturated carbocycles. The molecule has 0 aromatic carbocycles. The molecule has 6 heteroatoms. The number of aromatic nitrogens is 2. The van der Waals surface area contributed by atoms with Crippen LogP contribution in [-0.2, 0) is 23.1 Å². The molecule has 0 aliphatic heterocycles. The van der Waals surface area contributed by atoms with Crippen molar-refractivity contribution in [2.75, 3.05) is 6.54 Å². The highest BCUT2D eigenvalue weighted by Crippen LogP contribution is 2.13. The summed E-state index contributed by atoms with van der Waals surface area (Å²) in [6.45, 7) is 5.89. The van der Waals surface area contributed by atoms with Crippen LogP contribution in [0.4, 0.5) is 0 Å². The van der Waals surface area contributed by atoms with Crippen LogP contribution in [0, 0.1) is 19.8 Å². The van der Waals surface area contributed by atoms with Crippen molar-refractivity contribution in [1.29, 1.82) is 0 Å². The second kappa shape index (κ2) is 7.07. The Morgan fingerprint density at radius 1 is 1.40 bits per heavy atom. The number of hydrogen-bond donors (Lipinski definition) is 2. The van der Waals surface area contributed by atoms with Crippen LogP contribution >= 0.6 is 0 Å². The quantitative estimate of drug-likeness (QED) is 0.786. The third-order valence-electron chi connectivity index (χ3n) is 3.65. The Balaban J connectivity index is 2.46. The molecule has 1 heterocycles. The Morgan fingerprint density at radius 3 is 2.50 bits per heavy atom. The van der Waals surface area contributed by atoms with Gasteiger partial charge in [0.25, 0.3) is 0 Å². The molecule has 0 spiro atoms. The van der Waals surface area contributed by atoms with E-state index in [0.717, 1.165) is 17.0 Å². The van der Waals surface area contributed by atoms with E-state index in [9.17, 15) is 9.59 Å². The van der Waals surface area contributed by atoms with Gasteiger partial charge in [-0.3, -0.25) is 14.3 Å². The van der Waals surface area contributed by atoms with Crippen molar-refractivity contribution in [2.24, 2.45) is 13.0 Å². The van der Waals surface area contributed by atoms with Gasteiger partial charge < -0.3 is 10.4 Å². The van der Waals surface area contributed by atoms with Gasteiger partial charge in [-0.2, -0.15) is 5.10 Å². The van der Waals surface area contributed by atoms with Crippen LogP contribution in [0.15, 0.2) is 0 Å². The predicted octanol–water partition coefficient (Wildman–Crippen LogP) is 1.20. The fourth-order valence-corrected chi connectivity index (χ4v) is 2.15. The Hall–Kier alpha value is -1.85. The number of carbonyl (C=O) groups excluding carboxylic acids is 1. The van der Waals surface area contributed by atoms with E-state index in [-0.39, 0.29) is 12.5 Å². The van der Waals surface area contributed by atoms with Gasteiger partial charge in [-0.15, -0.1) is 0 Å². The van der Waals surface area contributed by atoms with Gasteiger partial charge >= 0.3 is 5.97 Å². The van der Waals surface area contributed by atoms with Crippen molar-refractivity contribution in [3.05, 3.63) is 17.0 Å². The van der Waals surface area contributed by atoms with Crippen LogP contribution in [0.3, 0.4) is 0 Å². The zero-order valence-corrected chi connectivity index (χ0v) is 12.6.